The molecule has 0 radical (unpaired) electrons. The number of benzene rings is 8. The first-order chi connectivity index (χ1) is 29.8. The Labute approximate surface area is 377 Å². The van der Waals surface area contributed by atoms with Crippen LogP contribution in [0, 0.1) is 31.3 Å². The fourth-order valence-electron chi connectivity index (χ4n) is 6.08. The highest BCUT2D eigenvalue weighted by Gasteiger charge is 2.13. The van der Waals surface area contributed by atoms with Crippen LogP contribution in [0.1, 0.15) is 21.5 Å². The zero-order valence-corrected chi connectivity index (χ0v) is 36.5. The molecule has 0 spiro atoms. The fourth-order valence-corrected chi connectivity index (χ4v) is 6.82. The van der Waals surface area contributed by atoms with Crippen LogP contribution in [0.2, 0.25) is 10.0 Å². The minimum absolute atomic E-state index is 0.130. The van der Waals surface area contributed by atoms with Gasteiger partial charge in [-0.05, 0) is 175 Å². The van der Waals surface area contributed by atoms with Crippen LogP contribution in [0.15, 0.2) is 180 Å². The summed E-state index contributed by atoms with van der Waals surface area (Å²) in [5, 5.41) is 20.3. The van der Waals surface area contributed by atoms with Crippen molar-refractivity contribution in [3.8, 4) is 22.3 Å². The van der Waals surface area contributed by atoms with E-state index in [1.165, 1.54) is 42.5 Å². The van der Waals surface area contributed by atoms with Crippen molar-refractivity contribution in [2.75, 3.05) is 16.0 Å². The molecule has 0 amide bonds. The third-order valence-corrected chi connectivity index (χ3v) is 10.3. The van der Waals surface area contributed by atoms with Gasteiger partial charge < -0.3 is 21.1 Å². The number of nitrogens with one attached hydrogen (secondary N) is 3. The Bertz CT molecular complexity index is 2790. The molecule has 312 valence electrons. The molecular weight excluding hydrogens is 894 g/mol. The van der Waals surface area contributed by atoms with Crippen LogP contribution in [0.4, 0.5) is 47.3 Å². The van der Waals surface area contributed by atoms with E-state index in [1.54, 1.807) is 60.7 Å². The summed E-state index contributed by atoms with van der Waals surface area (Å²) in [5.74, 6) is -1.87. The van der Waals surface area contributed by atoms with Crippen LogP contribution in [-0.4, -0.2) is 11.1 Å². The van der Waals surface area contributed by atoms with Gasteiger partial charge in [0, 0.05) is 43.0 Å². The van der Waals surface area contributed by atoms with Crippen molar-refractivity contribution in [3.63, 3.8) is 0 Å². The predicted molar refractivity (Wildman–Crippen MR) is 253 cm³/mol. The zero-order valence-electron chi connectivity index (χ0n) is 33.4. The van der Waals surface area contributed by atoms with Gasteiger partial charge in [-0.1, -0.05) is 87.7 Å². The highest BCUT2D eigenvalue weighted by Crippen LogP contribution is 2.31. The first-order valence-electron chi connectivity index (χ1n) is 19.1. The largest absolute Gasteiger partial charge is 0.478 e. The summed E-state index contributed by atoms with van der Waals surface area (Å²) in [6.07, 6.45) is 0. The zero-order chi connectivity index (χ0) is 44.2. The number of aryl methyl sites for hydroxylation is 2. The number of carboxylic acid groups (broad SMARTS) is 1. The van der Waals surface area contributed by atoms with E-state index >= 15 is 0 Å². The van der Waals surface area contributed by atoms with Crippen molar-refractivity contribution in [2.24, 2.45) is 0 Å². The number of hydrogen-bond donors (Lipinski definition) is 4. The monoisotopic (exact) mass is 931 g/mol. The summed E-state index contributed by atoms with van der Waals surface area (Å²) in [6.45, 7) is 4.06. The molecule has 0 unspecified atom stereocenters. The second-order valence-corrected chi connectivity index (χ2v) is 15.8. The van der Waals surface area contributed by atoms with Crippen LogP contribution in [0.5, 0.6) is 0 Å². The minimum atomic E-state index is -1.04. The van der Waals surface area contributed by atoms with Crippen molar-refractivity contribution in [3.05, 3.63) is 225 Å². The van der Waals surface area contributed by atoms with E-state index in [4.69, 9.17) is 23.2 Å². The van der Waals surface area contributed by atoms with E-state index in [0.717, 1.165) is 60.6 Å². The SMILES string of the molecule is Cc1ccc(-c2cccc(Cl)c2)cc1Nc1ccc(F)cc1.Cc1ccc(Br)cc1Nc1ccc(F)cc1.O=C(O)c1ccc(-c2cccc(Cl)c2)cc1Nc1ccc(F)cc1. The molecule has 0 aliphatic heterocycles. The third-order valence-electron chi connectivity index (χ3n) is 9.37. The van der Waals surface area contributed by atoms with Gasteiger partial charge in [0.05, 0.1) is 11.3 Å². The molecule has 0 aromatic heterocycles. The van der Waals surface area contributed by atoms with E-state index < -0.39 is 5.97 Å². The molecule has 0 fully saturated rings. The maximum atomic E-state index is 13.0. The maximum Gasteiger partial charge on any atom is 0.337 e. The summed E-state index contributed by atoms with van der Waals surface area (Å²) in [6, 6.07) is 50.6. The lowest BCUT2D eigenvalue weighted by Gasteiger charge is -2.12. The van der Waals surface area contributed by atoms with Crippen LogP contribution in [-0.2, 0) is 0 Å². The molecule has 8 aromatic carbocycles. The normalized spacial score (nSPS) is 10.4. The summed E-state index contributed by atoms with van der Waals surface area (Å²) in [4.78, 5) is 11.4. The average molecular weight is 934 g/mol. The predicted octanol–water partition coefficient (Wildman–Crippen LogP) is 16.4. The lowest BCUT2D eigenvalue weighted by Crippen LogP contribution is -2.03. The number of anilines is 6. The molecule has 0 bridgehead atoms. The maximum absolute atomic E-state index is 13.0. The fraction of sp³-hybridized carbons (Fsp3) is 0.0392. The van der Waals surface area contributed by atoms with Crippen LogP contribution in [0.25, 0.3) is 22.3 Å². The molecule has 0 aliphatic rings. The molecule has 62 heavy (non-hydrogen) atoms. The topological polar surface area (TPSA) is 73.4 Å². The first kappa shape index (κ1) is 45.0. The van der Waals surface area contributed by atoms with Gasteiger partial charge in [-0.3, -0.25) is 0 Å². The van der Waals surface area contributed by atoms with Gasteiger partial charge in [-0.2, -0.15) is 0 Å². The van der Waals surface area contributed by atoms with Gasteiger partial charge in [0.1, 0.15) is 17.5 Å². The average Bonchev–Trinajstić information content (AvgIpc) is 3.26. The summed E-state index contributed by atoms with van der Waals surface area (Å²) < 4.78 is 39.8. The Kier molecular flexibility index (Phi) is 15.5. The molecule has 0 aliphatic carbocycles. The van der Waals surface area contributed by atoms with Crippen molar-refractivity contribution >= 4 is 79.2 Å². The van der Waals surface area contributed by atoms with Gasteiger partial charge >= 0.3 is 5.97 Å². The molecule has 8 aromatic rings. The summed E-state index contributed by atoms with van der Waals surface area (Å²) in [5.41, 5.74) is 11.0. The number of rotatable bonds is 9. The van der Waals surface area contributed by atoms with E-state index in [2.05, 4.69) is 50.1 Å². The molecule has 0 saturated heterocycles. The van der Waals surface area contributed by atoms with E-state index in [-0.39, 0.29) is 23.0 Å². The highest BCUT2D eigenvalue weighted by molar-refractivity contribution is 9.10. The molecule has 0 saturated carbocycles. The van der Waals surface area contributed by atoms with Crippen molar-refractivity contribution in [2.45, 2.75) is 13.8 Å². The number of carboxylic acids is 1. The lowest BCUT2D eigenvalue weighted by atomic mass is 10.0. The Morgan fingerprint density at radius 1 is 0.468 bits per heavy atom. The Hall–Kier alpha value is -6.52. The van der Waals surface area contributed by atoms with E-state index in [9.17, 15) is 23.1 Å². The van der Waals surface area contributed by atoms with Crippen LogP contribution >= 0.6 is 39.1 Å². The number of aromatic carboxylic acids is 1. The molecule has 8 rings (SSSR count). The van der Waals surface area contributed by atoms with E-state index in [1.807, 2.05) is 68.4 Å². The Balaban J connectivity index is 0.000000158. The molecule has 11 heteroatoms. The van der Waals surface area contributed by atoms with Gasteiger partial charge in [-0.25, -0.2) is 18.0 Å². The third kappa shape index (κ3) is 13.0. The number of halogens is 6. The highest BCUT2D eigenvalue weighted by atomic mass is 79.9. The minimum Gasteiger partial charge on any atom is -0.478 e. The van der Waals surface area contributed by atoms with Crippen molar-refractivity contribution in [1.29, 1.82) is 0 Å². The summed E-state index contributed by atoms with van der Waals surface area (Å²) in [7, 11) is 0. The second-order valence-electron chi connectivity index (χ2n) is 14.0. The lowest BCUT2D eigenvalue weighted by molar-refractivity contribution is 0.0698. The molecule has 0 atom stereocenters. The molecular formula is C51H39BrCl2F3N3O2. The Morgan fingerprint density at radius 3 is 1.27 bits per heavy atom. The van der Waals surface area contributed by atoms with E-state index in [0.29, 0.717) is 21.4 Å². The van der Waals surface area contributed by atoms with Gasteiger partial charge in [0.2, 0.25) is 0 Å². The molecule has 0 heterocycles. The van der Waals surface area contributed by atoms with Gasteiger partial charge in [0.15, 0.2) is 0 Å². The van der Waals surface area contributed by atoms with Crippen molar-refractivity contribution < 1.29 is 23.1 Å². The molecule has 5 nitrogen and oxygen atoms in total. The Morgan fingerprint density at radius 2 is 0.839 bits per heavy atom. The number of carbonyl (C=O) groups is 1. The summed E-state index contributed by atoms with van der Waals surface area (Å²) >= 11 is 15.5. The standard InChI is InChI=1S/C19H13ClFNO2.C19H15ClFN.C13H11BrFN/c20-14-3-1-2-12(10-14)13-4-9-17(19(23)24)18(11-13)22-16-7-5-15(21)6-8-16;1-13-5-6-15(14-3-2-4-16(20)11-14)12-19(13)22-18-9-7-17(21)8-10-18;1-9-2-3-10(14)8-13(9)16-12-6-4-11(15)5-7-12/h1-11,22H,(H,23,24);2-12,22H,1H3;2-8,16H,1H3. The molecule has 4 N–H and O–H groups in total. The quantitative estimate of drug-likeness (QED) is 0.116. The van der Waals surface area contributed by atoms with Gasteiger partial charge in [0.25, 0.3) is 0 Å². The van der Waals surface area contributed by atoms with Crippen molar-refractivity contribution in [1.82, 2.24) is 0 Å². The smallest absolute Gasteiger partial charge is 0.337 e. The van der Waals surface area contributed by atoms with Crippen LogP contribution < -0.4 is 16.0 Å². The second kappa shape index (κ2) is 21.3. The van der Waals surface area contributed by atoms with Gasteiger partial charge in [-0.15, -0.1) is 0 Å². The number of hydrogen-bond acceptors (Lipinski definition) is 4. The van der Waals surface area contributed by atoms with Crippen LogP contribution in [0.3, 0.4) is 0 Å². The first-order valence-corrected chi connectivity index (χ1v) is 20.7.